The van der Waals surface area contributed by atoms with Crippen LogP contribution < -0.4 is 16.0 Å². The van der Waals surface area contributed by atoms with E-state index in [1.807, 2.05) is 0 Å². The zero-order chi connectivity index (χ0) is 16.1. The molecule has 0 radical (unpaired) electrons. The molecule has 0 rings (SSSR count). The molecule has 118 valence electrons. The Bertz CT molecular complexity index is 351. The maximum Gasteiger partial charge on any atom is 0.405 e. The lowest BCUT2D eigenvalue weighted by Crippen LogP contribution is -2.54. The van der Waals surface area contributed by atoms with Gasteiger partial charge < -0.3 is 10.6 Å². The van der Waals surface area contributed by atoms with Crippen molar-refractivity contribution in [3.63, 3.8) is 0 Å². The zero-order valence-electron chi connectivity index (χ0n) is 12.3. The maximum absolute atomic E-state index is 12.0. The third-order valence-electron chi connectivity index (χ3n) is 2.25. The van der Waals surface area contributed by atoms with Crippen LogP contribution in [0.25, 0.3) is 0 Å². The Morgan fingerprint density at radius 2 is 1.45 bits per heavy atom. The van der Waals surface area contributed by atoms with Crippen molar-refractivity contribution in [1.29, 1.82) is 0 Å². The first-order valence-corrected chi connectivity index (χ1v) is 6.24. The molecule has 5 nitrogen and oxygen atoms in total. The van der Waals surface area contributed by atoms with Crippen molar-refractivity contribution in [2.24, 2.45) is 0 Å². The quantitative estimate of drug-likeness (QED) is 0.707. The van der Waals surface area contributed by atoms with Gasteiger partial charge >= 0.3 is 6.18 Å². The average molecular weight is 297 g/mol. The fourth-order valence-electron chi connectivity index (χ4n) is 1.34. The van der Waals surface area contributed by atoms with E-state index in [9.17, 15) is 22.8 Å². The summed E-state index contributed by atoms with van der Waals surface area (Å²) in [6, 6.07) is -1.60. The van der Waals surface area contributed by atoms with Crippen LogP contribution in [0.3, 0.4) is 0 Å². The van der Waals surface area contributed by atoms with Gasteiger partial charge in [0, 0.05) is 5.54 Å². The van der Waals surface area contributed by atoms with Gasteiger partial charge in [-0.25, -0.2) is 0 Å². The molecule has 0 saturated heterocycles. The highest BCUT2D eigenvalue weighted by Gasteiger charge is 2.29. The summed E-state index contributed by atoms with van der Waals surface area (Å²) in [7, 11) is 0. The first kappa shape index (κ1) is 18.7. The van der Waals surface area contributed by atoms with Crippen LogP contribution in [-0.2, 0) is 9.59 Å². The summed E-state index contributed by atoms with van der Waals surface area (Å²) in [4.78, 5) is 23.2. The summed E-state index contributed by atoms with van der Waals surface area (Å²) in [6.45, 7) is 6.95. The van der Waals surface area contributed by atoms with E-state index in [0.29, 0.717) is 0 Å². The van der Waals surface area contributed by atoms with Crippen LogP contribution in [0.15, 0.2) is 0 Å². The zero-order valence-corrected chi connectivity index (χ0v) is 12.3. The van der Waals surface area contributed by atoms with Crippen LogP contribution in [0.4, 0.5) is 13.2 Å². The van der Waals surface area contributed by atoms with E-state index in [4.69, 9.17) is 0 Å². The number of carbonyl (C=O) groups is 2. The Morgan fingerprint density at radius 1 is 1.00 bits per heavy atom. The second kappa shape index (κ2) is 6.92. The Morgan fingerprint density at radius 3 is 1.85 bits per heavy atom. The standard InChI is InChI=1S/C12H22F3N3O2/c1-7(9(19)16-6-12(13,14)15)17-8(2)10(20)18-11(3,4)5/h7-8,17H,6H2,1-5H3,(H,16,19)(H,18,20). The molecule has 0 spiro atoms. The van der Waals surface area contributed by atoms with Gasteiger partial charge in [0.05, 0.1) is 12.1 Å². The first-order valence-electron chi connectivity index (χ1n) is 6.24. The fourth-order valence-corrected chi connectivity index (χ4v) is 1.34. The highest BCUT2D eigenvalue weighted by Crippen LogP contribution is 2.12. The number of halogens is 3. The Labute approximate surface area is 116 Å². The van der Waals surface area contributed by atoms with Crippen molar-refractivity contribution in [3.8, 4) is 0 Å². The molecule has 3 N–H and O–H groups in total. The molecule has 0 aromatic heterocycles. The van der Waals surface area contributed by atoms with Crippen LogP contribution in [-0.4, -0.2) is 42.2 Å². The molecule has 0 aliphatic rings. The highest BCUT2D eigenvalue weighted by molar-refractivity contribution is 5.85. The molecule has 0 aliphatic carbocycles. The number of hydrogen-bond acceptors (Lipinski definition) is 3. The van der Waals surface area contributed by atoms with Crippen molar-refractivity contribution in [1.82, 2.24) is 16.0 Å². The summed E-state index contributed by atoms with van der Waals surface area (Å²) < 4.78 is 35.9. The number of rotatable bonds is 5. The van der Waals surface area contributed by atoms with E-state index in [-0.39, 0.29) is 5.91 Å². The van der Waals surface area contributed by atoms with Gasteiger partial charge in [0.2, 0.25) is 11.8 Å². The number of alkyl halides is 3. The number of hydrogen-bond donors (Lipinski definition) is 3. The predicted molar refractivity (Wildman–Crippen MR) is 69.0 cm³/mol. The van der Waals surface area contributed by atoms with Crippen LogP contribution in [0.5, 0.6) is 0 Å². The van der Waals surface area contributed by atoms with Gasteiger partial charge in [-0.05, 0) is 34.6 Å². The van der Waals surface area contributed by atoms with Crippen LogP contribution in [0, 0.1) is 0 Å². The van der Waals surface area contributed by atoms with Gasteiger partial charge in [-0.15, -0.1) is 0 Å². The lowest BCUT2D eigenvalue weighted by molar-refractivity contribution is -0.139. The molecule has 0 aliphatic heterocycles. The molecular weight excluding hydrogens is 275 g/mol. The molecule has 0 aromatic carbocycles. The first-order chi connectivity index (χ1) is 8.82. The molecule has 0 fully saturated rings. The van der Waals surface area contributed by atoms with Gasteiger partial charge in [-0.2, -0.15) is 13.2 Å². The molecule has 0 saturated carbocycles. The molecule has 2 unspecified atom stereocenters. The second-order valence-corrected chi connectivity index (χ2v) is 5.68. The summed E-state index contributed by atoms with van der Waals surface area (Å²) >= 11 is 0. The highest BCUT2D eigenvalue weighted by atomic mass is 19.4. The maximum atomic E-state index is 12.0. The van der Waals surface area contributed by atoms with E-state index in [0.717, 1.165) is 0 Å². The number of carbonyl (C=O) groups excluding carboxylic acids is 2. The summed E-state index contributed by atoms with van der Waals surface area (Å²) in [5, 5.41) is 7.11. The van der Waals surface area contributed by atoms with Crippen molar-refractivity contribution >= 4 is 11.8 Å². The van der Waals surface area contributed by atoms with Gasteiger partial charge in [-0.1, -0.05) is 0 Å². The summed E-state index contributed by atoms with van der Waals surface area (Å²) in [5.74, 6) is -1.13. The lowest BCUT2D eigenvalue weighted by atomic mass is 10.1. The van der Waals surface area contributed by atoms with Crippen molar-refractivity contribution in [2.75, 3.05) is 6.54 Å². The fraction of sp³-hybridized carbons (Fsp3) is 0.833. The molecule has 20 heavy (non-hydrogen) atoms. The topological polar surface area (TPSA) is 70.2 Å². The predicted octanol–water partition coefficient (Wildman–Crippen LogP) is 0.946. The minimum atomic E-state index is -4.45. The molecule has 0 bridgehead atoms. The molecule has 0 heterocycles. The van der Waals surface area contributed by atoms with Gasteiger partial charge in [-0.3, -0.25) is 14.9 Å². The summed E-state index contributed by atoms with van der Waals surface area (Å²) in [6.07, 6.45) is -4.45. The smallest absolute Gasteiger partial charge is 0.350 e. The van der Waals surface area contributed by atoms with Crippen LogP contribution in [0.2, 0.25) is 0 Å². The number of nitrogens with one attached hydrogen (secondary N) is 3. The summed E-state index contributed by atoms with van der Waals surface area (Å²) in [5.41, 5.74) is -0.422. The lowest BCUT2D eigenvalue weighted by Gasteiger charge is -2.25. The van der Waals surface area contributed by atoms with E-state index in [1.165, 1.54) is 13.8 Å². The minimum absolute atomic E-state index is 0.326. The van der Waals surface area contributed by atoms with E-state index < -0.39 is 36.3 Å². The van der Waals surface area contributed by atoms with Gasteiger partial charge in [0.1, 0.15) is 6.54 Å². The normalized spacial score (nSPS) is 15.4. The van der Waals surface area contributed by atoms with Crippen LogP contribution >= 0.6 is 0 Å². The third kappa shape index (κ3) is 8.73. The van der Waals surface area contributed by atoms with Gasteiger partial charge in [0.25, 0.3) is 0 Å². The van der Waals surface area contributed by atoms with Crippen molar-refractivity contribution < 1.29 is 22.8 Å². The SMILES string of the molecule is CC(NC(C)C(=O)NC(C)(C)C)C(=O)NCC(F)(F)F. The van der Waals surface area contributed by atoms with E-state index >= 15 is 0 Å². The monoisotopic (exact) mass is 297 g/mol. The molecule has 8 heteroatoms. The Balaban J connectivity index is 4.28. The third-order valence-corrected chi connectivity index (χ3v) is 2.25. The molecule has 2 atom stereocenters. The molecule has 0 aromatic rings. The Hall–Kier alpha value is -1.31. The largest absolute Gasteiger partial charge is 0.405 e. The molecule has 2 amide bonds. The Kier molecular flexibility index (Phi) is 6.46. The van der Waals surface area contributed by atoms with E-state index in [1.54, 1.807) is 26.1 Å². The van der Waals surface area contributed by atoms with Crippen LogP contribution in [0.1, 0.15) is 34.6 Å². The minimum Gasteiger partial charge on any atom is -0.350 e. The van der Waals surface area contributed by atoms with Crippen molar-refractivity contribution in [2.45, 2.75) is 58.4 Å². The number of amides is 2. The second-order valence-electron chi connectivity index (χ2n) is 5.68. The molecular formula is C12H22F3N3O2. The van der Waals surface area contributed by atoms with Crippen molar-refractivity contribution in [3.05, 3.63) is 0 Å². The average Bonchev–Trinajstić information content (AvgIpc) is 2.22. The van der Waals surface area contributed by atoms with E-state index in [2.05, 4.69) is 10.6 Å². The van der Waals surface area contributed by atoms with Gasteiger partial charge in [0.15, 0.2) is 0 Å².